The van der Waals surface area contributed by atoms with Gasteiger partial charge in [0.05, 0.1) is 0 Å². The first-order valence-corrected chi connectivity index (χ1v) is 6.97. The highest BCUT2D eigenvalue weighted by Crippen LogP contribution is 2.31. The summed E-state index contributed by atoms with van der Waals surface area (Å²) >= 11 is 0. The minimum absolute atomic E-state index is 0.607. The molecule has 0 radical (unpaired) electrons. The van der Waals surface area contributed by atoms with Gasteiger partial charge in [0, 0.05) is 11.1 Å². The molecule has 0 aromatic heterocycles. The molecule has 0 spiro atoms. The van der Waals surface area contributed by atoms with Crippen molar-refractivity contribution in [3.63, 3.8) is 0 Å². The van der Waals surface area contributed by atoms with Crippen molar-refractivity contribution in [2.24, 2.45) is 5.92 Å². The predicted octanol–water partition coefficient (Wildman–Crippen LogP) is 5.05. The Morgan fingerprint density at radius 1 is 1.20 bits per heavy atom. The topological polar surface area (TPSA) is 9.23 Å². The molecule has 1 heteroatoms. The lowest BCUT2D eigenvalue weighted by atomic mass is 9.97. The van der Waals surface area contributed by atoms with Gasteiger partial charge in [-0.05, 0) is 30.1 Å². The quantitative estimate of drug-likeness (QED) is 0.687. The number of ether oxygens (including phenoxy) is 1. The Bertz CT molecular complexity index is 656. The Morgan fingerprint density at radius 3 is 2.85 bits per heavy atom. The fourth-order valence-electron chi connectivity index (χ4n) is 2.38. The largest absolute Gasteiger partial charge is 0.456 e. The summed E-state index contributed by atoms with van der Waals surface area (Å²) < 4.78 is 6.11. The molecule has 1 heterocycles. The van der Waals surface area contributed by atoms with Gasteiger partial charge >= 0.3 is 0 Å². The van der Waals surface area contributed by atoms with Gasteiger partial charge in [0.25, 0.3) is 0 Å². The Balaban J connectivity index is 1.98. The van der Waals surface area contributed by atoms with Crippen molar-refractivity contribution in [2.75, 3.05) is 0 Å². The van der Waals surface area contributed by atoms with E-state index >= 15 is 0 Å². The first kappa shape index (κ1) is 12.7. The number of rotatable bonds is 1. The van der Waals surface area contributed by atoms with Crippen molar-refractivity contribution in [2.45, 2.75) is 13.3 Å². The maximum absolute atomic E-state index is 6.11. The Morgan fingerprint density at radius 2 is 2.05 bits per heavy atom. The van der Waals surface area contributed by atoms with Crippen LogP contribution >= 0.6 is 0 Å². The summed E-state index contributed by atoms with van der Waals surface area (Å²) in [5, 5.41) is 0. The minimum atomic E-state index is 0.607. The van der Waals surface area contributed by atoms with Crippen LogP contribution < -0.4 is 4.74 Å². The third-order valence-corrected chi connectivity index (χ3v) is 3.60. The van der Waals surface area contributed by atoms with Crippen molar-refractivity contribution >= 4 is 5.57 Å². The van der Waals surface area contributed by atoms with Gasteiger partial charge in [-0.15, -0.1) is 0 Å². The van der Waals surface area contributed by atoms with Gasteiger partial charge in [-0.2, -0.15) is 0 Å². The number of hydrogen-bond donors (Lipinski definition) is 0. The van der Waals surface area contributed by atoms with Crippen LogP contribution in [0.1, 0.15) is 18.9 Å². The highest BCUT2D eigenvalue weighted by atomic mass is 16.5. The molecule has 1 aliphatic carbocycles. The van der Waals surface area contributed by atoms with E-state index in [0.29, 0.717) is 5.92 Å². The molecule has 0 bridgehead atoms. The molecular weight excluding hydrogens is 244 g/mol. The lowest BCUT2D eigenvalue weighted by molar-refractivity contribution is 0.436. The van der Waals surface area contributed by atoms with Gasteiger partial charge in [-0.3, -0.25) is 0 Å². The molecule has 0 saturated heterocycles. The van der Waals surface area contributed by atoms with Crippen LogP contribution in [-0.4, -0.2) is 0 Å². The highest BCUT2D eigenvalue weighted by Gasteiger charge is 2.13. The fourth-order valence-corrected chi connectivity index (χ4v) is 2.38. The number of hydrogen-bond acceptors (Lipinski definition) is 1. The van der Waals surface area contributed by atoms with Crippen LogP contribution in [0.25, 0.3) is 5.57 Å². The number of fused-ring (bicyclic) bond motifs is 1. The van der Waals surface area contributed by atoms with Crippen molar-refractivity contribution < 1.29 is 4.74 Å². The second-order valence-corrected chi connectivity index (χ2v) is 5.25. The van der Waals surface area contributed by atoms with Gasteiger partial charge in [0.1, 0.15) is 11.5 Å². The highest BCUT2D eigenvalue weighted by molar-refractivity contribution is 5.77. The molecule has 20 heavy (non-hydrogen) atoms. The molecular formula is C19H18O. The molecule has 1 atom stereocenters. The summed E-state index contributed by atoms with van der Waals surface area (Å²) in [4.78, 5) is 0. The van der Waals surface area contributed by atoms with Crippen LogP contribution in [0.5, 0.6) is 5.75 Å². The van der Waals surface area contributed by atoms with Crippen LogP contribution in [0.4, 0.5) is 0 Å². The lowest BCUT2D eigenvalue weighted by Crippen LogP contribution is -2.04. The zero-order valence-electron chi connectivity index (χ0n) is 11.7. The molecule has 1 aromatic carbocycles. The van der Waals surface area contributed by atoms with E-state index in [1.807, 2.05) is 42.5 Å². The zero-order valence-corrected chi connectivity index (χ0v) is 11.7. The van der Waals surface area contributed by atoms with Gasteiger partial charge < -0.3 is 4.74 Å². The summed E-state index contributed by atoms with van der Waals surface area (Å²) in [5.41, 5.74) is 3.16. The molecule has 3 rings (SSSR count). The summed E-state index contributed by atoms with van der Waals surface area (Å²) in [6.45, 7) is 6.30. The summed E-state index contributed by atoms with van der Waals surface area (Å²) in [7, 11) is 0. The van der Waals surface area contributed by atoms with Crippen molar-refractivity contribution in [1.29, 1.82) is 0 Å². The molecule has 1 nitrogen and oxygen atoms in total. The molecule has 0 amide bonds. The average Bonchev–Trinajstić information content (AvgIpc) is 2.45. The predicted molar refractivity (Wildman–Crippen MR) is 84.3 cm³/mol. The van der Waals surface area contributed by atoms with Crippen molar-refractivity contribution in [3.8, 4) is 5.75 Å². The summed E-state index contributed by atoms with van der Waals surface area (Å²) in [5.74, 6) is 2.36. The monoisotopic (exact) mass is 262 g/mol. The Hall–Kier alpha value is -2.28. The third kappa shape index (κ3) is 2.53. The van der Waals surface area contributed by atoms with Crippen LogP contribution in [0.3, 0.4) is 0 Å². The standard InChI is InChI=1S/C19H18O/c1-14-10-12-16(13-11-14)18-9-5-6-15(2)17-7-3-4-8-19(17)20-18/h3-10,12-14H,2,11H2,1H3/b6-5-,18-9-. The Labute approximate surface area is 120 Å². The molecule has 0 saturated carbocycles. The number of para-hydroxylation sites is 1. The molecule has 1 aromatic rings. The molecule has 0 fully saturated rings. The second kappa shape index (κ2) is 5.38. The molecule has 2 aliphatic rings. The van der Waals surface area contributed by atoms with Crippen molar-refractivity contribution in [3.05, 3.63) is 84.2 Å². The normalized spacial score (nSPS) is 25.4. The van der Waals surface area contributed by atoms with E-state index in [0.717, 1.165) is 34.6 Å². The fraction of sp³-hybridized carbons (Fsp3) is 0.158. The summed E-state index contributed by atoms with van der Waals surface area (Å²) in [6, 6.07) is 8.03. The maximum Gasteiger partial charge on any atom is 0.135 e. The number of benzene rings is 1. The molecule has 0 N–H and O–H groups in total. The Kier molecular flexibility index (Phi) is 3.42. The van der Waals surface area contributed by atoms with E-state index in [1.54, 1.807) is 0 Å². The van der Waals surface area contributed by atoms with Crippen LogP contribution in [0.2, 0.25) is 0 Å². The van der Waals surface area contributed by atoms with E-state index in [4.69, 9.17) is 4.74 Å². The second-order valence-electron chi connectivity index (χ2n) is 5.25. The number of allylic oxidation sites excluding steroid dienone is 7. The maximum atomic E-state index is 6.11. The van der Waals surface area contributed by atoms with Gasteiger partial charge in [-0.1, -0.05) is 62.1 Å². The molecule has 100 valence electrons. The van der Waals surface area contributed by atoms with E-state index in [9.17, 15) is 0 Å². The zero-order chi connectivity index (χ0) is 13.9. The van der Waals surface area contributed by atoms with Gasteiger partial charge in [0.15, 0.2) is 0 Å². The minimum Gasteiger partial charge on any atom is -0.456 e. The van der Waals surface area contributed by atoms with E-state index in [-0.39, 0.29) is 0 Å². The third-order valence-electron chi connectivity index (χ3n) is 3.60. The SMILES string of the molecule is C=C1/C=C\C=C(\C2=CCC(C)C=C2)Oc2ccccc21. The average molecular weight is 262 g/mol. The molecule has 1 aliphatic heterocycles. The molecule has 1 unspecified atom stereocenters. The lowest BCUT2D eigenvalue weighted by Gasteiger charge is -2.18. The summed E-state index contributed by atoms with van der Waals surface area (Å²) in [6.07, 6.45) is 13.7. The van der Waals surface area contributed by atoms with Crippen LogP contribution in [0, 0.1) is 5.92 Å². The van der Waals surface area contributed by atoms with Crippen LogP contribution in [-0.2, 0) is 0 Å². The smallest absolute Gasteiger partial charge is 0.135 e. The van der Waals surface area contributed by atoms with E-state index in [1.165, 1.54) is 0 Å². The van der Waals surface area contributed by atoms with E-state index < -0.39 is 0 Å². The van der Waals surface area contributed by atoms with E-state index in [2.05, 4.69) is 31.7 Å². The van der Waals surface area contributed by atoms with Gasteiger partial charge in [0.2, 0.25) is 0 Å². The first-order chi connectivity index (χ1) is 9.74. The van der Waals surface area contributed by atoms with Crippen molar-refractivity contribution in [1.82, 2.24) is 0 Å². The van der Waals surface area contributed by atoms with Gasteiger partial charge in [-0.25, -0.2) is 0 Å². The first-order valence-electron chi connectivity index (χ1n) is 6.97. The van der Waals surface area contributed by atoms with Crippen LogP contribution in [0.15, 0.2) is 78.6 Å².